The van der Waals surface area contributed by atoms with Crippen LogP contribution in [-0.2, 0) is 9.59 Å². The zero-order chi connectivity index (χ0) is 18.6. The van der Waals surface area contributed by atoms with Crippen LogP contribution in [0.15, 0.2) is 0 Å². The Balaban J connectivity index is 3.73. The minimum absolute atomic E-state index is 0.0993. The number of hydrogen-bond donors (Lipinski definition) is 2. The smallest absolute Gasteiger partial charge is 0.186 e. The molecule has 6 nitrogen and oxygen atoms in total. The molecular formula is C18H38N2O4+2. The molecule has 0 aliphatic carbocycles. The summed E-state index contributed by atoms with van der Waals surface area (Å²) in [6.07, 6.45) is 4.86. The molecule has 0 radical (unpaired) electrons. The second kappa shape index (κ2) is 11.7. The number of quaternary nitrogens is 2. The van der Waals surface area contributed by atoms with Crippen LogP contribution in [0.1, 0.15) is 38.5 Å². The minimum atomic E-state index is 0.0993. The molecule has 0 bridgehead atoms. The van der Waals surface area contributed by atoms with E-state index in [1.807, 2.05) is 28.2 Å². The maximum Gasteiger partial charge on any atom is 0.186 e. The summed E-state index contributed by atoms with van der Waals surface area (Å²) >= 11 is 0. The molecule has 0 aromatic rings. The van der Waals surface area contributed by atoms with Gasteiger partial charge < -0.3 is 19.2 Å². The van der Waals surface area contributed by atoms with Crippen LogP contribution in [0.3, 0.4) is 0 Å². The van der Waals surface area contributed by atoms with Crippen LogP contribution in [0.2, 0.25) is 0 Å². The summed E-state index contributed by atoms with van der Waals surface area (Å²) < 4.78 is 1.07. The van der Waals surface area contributed by atoms with Crippen molar-refractivity contribution in [1.29, 1.82) is 0 Å². The van der Waals surface area contributed by atoms with Crippen molar-refractivity contribution in [1.82, 2.24) is 0 Å². The highest BCUT2D eigenvalue weighted by Gasteiger charge is 2.20. The number of ketones is 2. The maximum atomic E-state index is 11.9. The molecule has 0 saturated carbocycles. The van der Waals surface area contributed by atoms with E-state index < -0.39 is 0 Å². The molecule has 0 fully saturated rings. The highest BCUT2D eigenvalue weighted by Crippen LogP contribution is 2.09. The molecule has 0 atom stereocenters. The van der Waals surface area contributed by atoms with E-state index >= 15 is 0 Å². The first-order valence-electron chi connectivity index (χ1n) is 9.01. The van der Waals surface area contributed by atoms with E-state index in [1.165, 1.54) is 0 Å². The lowest BCUT2D eigenvalue weighted by Gasteiger charge is -2.28. The van der Waals surface area contributed by atoms with Crippen LogP contribution >= 0.6 is 0 Å². The predicted molar refractivity (Wildman–Crippen MR) is 95.6 cm³/mol. The third-order valence-corrected chi connectivity index (χ3v) is 4.28. The van der Waals surface area contributed by atoms with Crippen molar-refractivity contribution < 1.29 is 28.8 Å². The van der Waals surface area contributed by atoms with Crippen molar-refractivity contribution in [3.63, 3.8) is 0 Å². The average Bonchev–Trinajstić information content (AvgIpc) is 2.41. The fourth-order valence-electron chi connectivity index (χ4n) is 2.81. The molecule has 0 aliphatic heterocycles. The Hall–Kier alpha value is -0.820. The number of carbonyl (C=O) groups is 2. The standard InChI is InChI=1S/C18H38N2O4/c1-19(2,11-13-21)15-17(23)9-7-5-6-8-10-18(24)16-20(3,4)12-14-22/h21-22H,5-16H2,1-4H3/q+2. The molecule has 2 N–H and O–H groups in total. The van der Waals surface area contributed by atoms with Crippen LogP contribution in [0, 0.1) is 0 Å². The Bertz CT molecular complexity index is 345. The number of rotatable bonds is 15. The number of Topliss-reactive ketones (excluding diaryl/α,β-unsaturated/α-hetero) is 2. The first-order valence-corrected chi connectivity index (χ1v) is 9.01. The summed E-state index contributed by atoms with van der Waals surface area (Å²) in [5.41, 5.74) is 0. The number of carbonyl (C=O) groups excluding carboxylic acids is 2. The van der Waals surface area contributed by atoms with E-state index in [-0.39, 0.29) is 24.8 Å². The van der Waals surface area contributed by atoms with Crippen LogP contribution in [0.4, 0.5) is 0 Å². The fourth-order valence-corrected chi connectivity index (χ4v) is 2.81. The molecule has 6 heteroatoms. The van der Waals surface area contributed by atoms with Gasteiger partial charge in [0.15, 0.2) is 11.6 Å². The van der Waals surface area contributed by atoms with E-state index in [1.54, 1.807) is 0 Å². The second-order valence-corrected chi connectivity index (χ2v) is 8.07. The molecule has 0 rings (SSSR count). The quantitative estimate of drug-likeness (QED) is 0.336. The molecule has 24 heavy (non-hydrogen) atoms. The first-order chi connectivity index (χ1) is 11.1. The summed E-state index contributed by atoms with van der Waals surface area (Å²) in [6, 6.07) is 0. The molecule has 0 heterocycles. The van der Waals surface area contributed by atoms with Gasteiger partial charge in [-0.15, -0.1) is 0 Å². The lowest BCUT2D eigenvalue weighted by atomic mass is 10.1. The van der Waals surface area contributed by atoms with Crippen molar-refractivity contribution in [2.24, 2.45) is 0 Å². The third-order valence-electron chi connectivity index (χ3n) is 4.28. The highest BCUT2D eigenvalue weighted by atomic mass is 16.3. The van der Waals surface area contributed by atoms with Gasteiger partial charge in [0.1, 0.15) is 26.2 Å². The Kier molecular flexibility index (Phi) is 11.3. The van der Waals surface area contributed by atoms with Crippen LogP contribution < -0.4 is 0 Å². The van der Waals surface area contributed by atoms with Gasteiger partial charge in [0, 0.05) is 12.8 Å². The van der Waals surface area contributed by atoms with E-state index in [9.17, 15) is 9.59 Å². The Morgan fingerprint density at radius 3 is 1.29 bits per heavy atom. The SMILES string of the molecule is C[N+](C)(CCO)CC(=O)CCCCCCC(=O)C[N+](C)(C)CCO. The van der Waals surface area contributed by atoms with Crippen LogP contribution in [-0.4, -0.2) is 98.3 Å². The zero-order valence-corrected chi connectivity index (χ0v) is 16.1. The van der Waals surface area contributed by atoms with Gasteiger partial charge in [-0.3, -0.25) is 9.59 Å². The zero-order valence-electron chi connectivity index (χ0n) is 16.1. The van der Waals surface area contributed by atoms with Crippen LogP contribution in [0.5, 0.6) is 0 Å². The number of hydrogen-bond acceptors (Lipinski definition) is 4. The van der Waals surface area contributed by atoms with E-state index in [4.69, 9.17) is 10.2 Å². The summed E-state index contributed by atoms with van der Waals surface area (Å²) in [7, 11) is 7.82. The number of aliphatic hydroxyl groups excluding tert-OH is 2. The Labute approximate surface area is 147 Å². The first kappa shape index (κ1) is 23.2. The minimum Gasteiger partial charge on any atom is -0.391 e. The van der Waals surface area contributed by atoms with E-state index in [0.717, 1.165) is 25.7 Å². The van der Waals surface area contributed by atoms with Crippen molar-refractivity contribution in [3.05, 3.63) is 0 Å². The molecule has 0 spiro atoms. The monoisotopic (exact) mass is 346 g/mol. The van der Waals surface area contributed by atoms with E-state index in [0.29, 0.717) is 48.0 Å². The average molecular weight is 347 g/mol. The second-order valence-electron chi connectivity index (χ2n) is 8.07. The lowest BCUT2D eigenvalue weighted by Crippen LogP contribution is -2.45. The van der Waals surface area contributed by atoms with Gasteiger partial charge in [-0.2, -0.15) is 0 Å². The van der Waals surface area contributed by atoms with Gasteiger partial charge in [-0.25, -0.2) is 0 Å². The number of likely N-dealkylation sites (N-methyl/N-ethyl adjacent to an activating group) is 2. The topological polar surface area (TPSA) is 74.6 Å². The van der Waals surface area contributed by atoms with Gasteiger partial charge in [0.2, 0.25) is 0 Å². The highest BCUT2D eigenvalue weighted by molar-refractivity contribution is 5.79. The summed E-state index contributed by atoms with van der Waals surface area (Å²) in [6.45, 7) is 2.33. The number of aliphatic hydroxyl groups is 2. The molecular weight excluding hydrogens is 308 g/mol. The van der Waals surface area contributed by atoms with Crippen LogP contribution in [0.25, 0.3) is 0 Å². The lowest BCUT2D eigenvalue weighted by molar-refractivity contribution is -0.882. The molecule has 142 valence electrons. The molecule has 0 amide bonds. The van der Waals surface area contributed by atoms with Gasteiger partial charge in [0.05, 0.1) is 41.4 Å². The summed E-state index contributed by atoms with van der Waals surface area (Å²) in [4.78, 5) is 23.8. The number of nitrogens with zero attached hydrogens (tertiary/aromatic N) is 2. The van der Waals surface area contributed by atoms with Gasteiger partial charge in [0.25, 0.3) is 0 Å². The van der Waals surface area contributed by atoms with Crippen molar-refractivity contribution >= 4 is 11.6 Å². The molecule has 0 aromatic heterocycles. The maximum absolute atomic E-state index is 11.9. The van der Waals surface area contributed by atoms with Gasteiger partial charge in [-0.05, 0) is 12.8 Å². The summed E-state index contributed by atoms with van der Waals surface area (Å²) in [5, 5.41) is 17.9. The van der Waals surface area contributed by atoms with E-state index in [2.05, 4.69) is 0 Å². The molecule has 0 saturated heterocycles. The van der Waals surface area contributed by atoms with Gasteiger partial charge >= 0.3 is 0 Å². The predicted octanol–water partition coefficient (Wildman–Crippen LogP) is 0.603. The Morgan fingerprint density at radius 1 is 0.667 bits per heavy atom. The van der Waals surface area contributed by atoms with Gasteiger partial charge in [-0.1, -0.05) is 12.8 Å². The molecule has 0 aromatic carbocycles. The third kappa shape index (κ3) is 12.6. The van der Waals surface area contributed by atoms with Crippen molar-refractivity contribution in [2.45, 2.75) is 38.5 Å². The fraction of sp³-hybridized carbons (Fsp3) is 0.889. The molecule has 0 unspecified atom stereocenters. The van der Waals surface area contributed by atoms with Crippen molar-refractivity contribution in [3.8, 4) is 0 Å². The molecule has 0 aliphatic rings. The number of unbranched alkanes of at least 4 members (excludes halogenated alkanes) is 3. The van der Waals surface area contributed by atoms with Crippen molar-refractivity contribution in [2.75, 3.05) is 67.6 Å². The summed E-state index contributed by atoms with van der Waals surface area (Å²) in [5.74, 6) is 0.486. The largest absolute Gasteiger partial charge is 0.391 e. The Morgan fingerprint density at radius 2 is 1.00 bits per heavy atom. The normalized spacial score (nSPS) is 12.4.